The third-order valence-corrected chi connectivity index (χ3v) is 6.25. The molecule has 0 saturated heterocycles. The van der Waals surface area contributed by atoms with Gasteiger partial charge in [-0.25, -0.2) is 4.98 Å². The smallest absolute Gasteiger partial charge is 0.270 e. The Kier molecular flexibility index (Phi) is 3.38. The first-order valence-electron chi connectivity index (χ1n) is 8.20. The van der Waals surface area contributed by atoms with E-state index in [0.29, 0.717) is 28.6 Å². The van der Waals surface area contributed by atoms with Crippen LogP contribution in [0.1, 0.15) is 42.6 Å². The molecule has 1 aromatic heterocycles. The second-order valence-electron chi connectivity index (χ2n) is 7.46. The standard InChI is InChI=1S/C17H20ClN3O2/c18-13-3-1-2-12(20-13)15(22)21-14-10-4-9-5-11(14)8-17(6-9,7-10)16(19)23/h1-3,9-11,14H,4-8H2,(H2,19,23)(H,21,22). The summed E-state index contributed by atoms with van der Waals surface area (Å²) in [4.78, 5) is 28.5. The number of rotatable bonds is 3. The van der Waals surface area contributed by atoms with E-state index in [1.54, 1.807) is 18.2 Å². The molecule has 5 nitrogen and oxygen atoms in total. The largest absolute Gasteiger partial charge is 0.369 e. The fourth-order valence-corrected chi connectivity index (χ4v) is 5.49. The third-order valence-electron chi connectivity index (χ3n) is 6.04. The fourth-order valence-electron chi connectivity index (χ4n) is 5.32. The van der Waals surface area contributed by atoms with Crippen LogP contribution >= 0.6 is 11.6 Å². The maximum absolute atomic E-state index is 12.5. The van der Waals surface area contributed by atoms with Gasteiger partial charge in [-0.1, -0.05) is 17.7 Å². The number of nitrogens with one attached hydrogen (secondary N) is 1. The summed E-state index contributed by atoms with van der Waals surface area (Å²) in [7, 11) is 0. The van der Waals surface area contributed by atoms with Crippen LogP contribution in [0, 0.1) is 23.2 Å². The number of pyridine rings is 1. The van der Waals surface area contributed by atoms with Crippen LogP contribution in [0.25, 0.3) is 0 Å². The van der Waals surface area contributed by atoms with Gasteiger partial charge in [-0.3, -0.25) is 9.59 Å². The Hall–Kier alpha value is -1.62. The molecule has 4 fully saturated rings. The molecule has 0 spiro atoms. The van der Waals surface area contributed by atoms with E-state index in [0.717, 1.165) is 32.1 Å². The molecule has 0 radical (unpaired) electrons. The average molecular weight is 334 g/mol. The molecule has 0 aromatic carbocycles. The average Bonchev–Trinajstić information content (AvgIpc) is 2.50. The minimum Gasteiger partial charge on any atom is -0.369 e. The molecule has 4 aliphatic rings. The van der Waals surface area contributed by atoms with Crippen molar-refractivity contribution in [2.24, 2.45) is 28.9 Å². The molecule has 23 heavy (non-hydrogen) atoms. The van der Waals surface area contributed by atoms with Crippen LogP contribution in [0.3, 0.4) is 0 Å². The number of carbonyl (C=O) groups is 2. The lowest BCUT2D eigenvalue weighted by molar-refractivity contribution is -0.145. The number of primary amides is 1. The van der Waals surface area contributed by atoms with E-state index in [9.17, 15) is 9.59 Å². The summed E-state index contributed by atoms with van der Waals surface area (Å²) in [5.41, 5.74) is 5.71. The van der Waals surface area contributed by atoms with Crippen LogP contribution in [0.2, 0.25) is 5.15 Å². The monoisotopic (exact) mass is 333 g/mol. The molecule has 4 bridgehead atoms. The Labute approximate surface area is 140 Å². The highest BCUT2D eigenvalue weighted by atomic mass is 35.5. The van der Waals surface area contributed by atoms with E-state index in [4.69, 9.17) is 17.3 Å². The highest BCUT2D eigenvalue weighted by Crippen LogP contribution is 2.59. The van der Waals surface area contributed by atoms with E-state index in [1.165, 1.54) is 0 Å². The van der Waals surface area contributed by atoms with E-state index in [2.05, 4.69) is 10.3 Å². The number of amides is 2. The molecule has 2 atom stereocenters. The lowest BCUT2D eigenvalue weighted by atomic mass is 9.47. The first kappa shape index (κ1) is 14.9. The molecular weight excluding hydrogens is 314 g/mol. The van der Waals surface area contributed by atoms with Crippen molar-refractivity contribution in [2.45, 2.75) is 38.1 Å². The maximum Gasteiger partial charge on any atom is 0.270 e. The number of hydrogen-bond acceptors (Lipinski definition) is 3. The van der Waals surface area contributed by atoms with Gasteiger partial charge in [0.1, 0.15) is 10.8 Å². The summed E-state index contributed by atoms with van der Waals surface area (Å²) in [6.07, 6.45) is 4.72. The Morgan fingerprint density at radius 3 is 2.52 bits per heavy atom. The number of nitrogens with zero attached hydrogens (tertiary/aromatic N) is 1. The number of carbonyl (C=O) groups excluding carboxylic acids is 2. The van der Waals surface area contributed by atoms with Crippen molar-refractivity contribution >= 4 is 23.4 Å². The van der Waals surface area contributed by atoms with Crippen LogP contribution in [0.5, 0.6) is 0 Å². The third kappa shape index (κ3) is 2.42. The SMILES string of the molecule is NC(=O)C12CC3CC(C1)C(NC(=O)c1cccc(Cl)n1)C(C3)C2. The summed E-state index contributed by atoms with van der Waals surface area (Å²) in [6, 6.07) is 5.16. The van der Waals surface area contributed by atoms with Crippen LogP contribution in [-0.4, -0.2) is 22.8 Å². The fraction of sp³-hybridized carbons (Fsp3) is 0.588. The van der Waals surface area contributed by atoms with Gasteiger partial charge >= 0.3 is 0 Å². The van der Waals surface area contributed by atoms with Gasteiger partial charge in [-0.2, -0.15) is 0 Å². The summed E-state index contributed by atoms with van der Waals surface area (Å²) in [5, 5.41) is 3.46. The molecular formula is C17H20ClN3O2. The molecule has 4 aliphatic carbocycles. The van der Waals surface area contributed by atoms with Gasteiger partial charge in [0, 0.05) is 11.5 Å². The molecule has 122 valence electrons. The second kappa shape index (κ2) is 5.20. The van der Waals surface area contributed by atoms with Crippen molar-refractivity contribution in [3.8, 4) is 0 Å². The van der Waals surface area contributed by atoms with E-state index < -0.39 is 0 Å². The Bertz CT molecular complexity index is 662. The number of aromatic nitrogens is 1. The summed E-state index contributed by atoms with van der Waals surface area (Å²) in [6.45, 7) is 0. The van der Waals surface area contributed by atoms with Crippen LogP contribution in [-0.2, 0) is 4.79 Å². The van der Waals surface area contributed by atoms with Gasteiger partial charge in [-0.15, -0.1) is 0 Å². The Morgan fingerprint density at radius 2 is 1.91 bits per heavy atom. The van der Waals surface area contributed by atoms with Crippen molar-refractivity contribution in [2.75, 3.05) is 0 Å². The quantitative estimate of drug-likeness (QED) is 0.831. The van der Waals surface area contributed by atoms with Crippen molar-refractivity contribution in [3.05, 3.63) is 29.0 Å². The van der Waals surface area contributed by atoms with Gasteiger partial charge in [0.05, 0.1) is 0 Å². The van der Waals surface area contributed by atoms with E-state index >= 15 is 0 Å². The summed E-state index contributed by atoms with van der Waals surface area (Å²) in [5.74, 6) is 0.933. The molecule has 2 unspecified atom stereocenters. The van der Waals surface area contributed by atoms with E-state index in [-0.39, 0.29) is 23.3 Å². The minimum atomic E-state index is -0.327. The van der Waals surface area contributed by atoms with Crippen molar-refractivity contribution in [1.29, 1.82) is 0 Å². The molecule has 2 amide bonds. The van der Waals surface area contributed by atoms with Crippen molar-refractivity contribution < 1.29 is 9.59 Å². The predicted octanol–water partition coefficient (Wildman–Crippen LogP) is 2.14. The number of hydrogen-bond donors (Lipinski definition) is 2. The first-order valence-corrected chi connectivity index (χ1v) is 8.58. The normalized spacial score (nSPS) is 37.6. The molecule has 1 heterocycles. The van der Waals surface area contributed by atoms with Gasteiger partial charge in [0.25, 0.3) is 5.91 Å². The highest BCUT2D eigenvalue weighted by molar-refractivity contribution is 6.29. The summed E-state index contributed by atoms with van der Waals surface area (Å²) < 4.78 is 0. The molecule has 4 saturated carbocycles. The molecule has 0 aliphatic heterocycles. The van der Waals surface area contributed by atoms with Crippen LogP contribution in [0.4, 0.5) is 0 Å². The second-order valence-corrected chi connectivity index (χ2v) is 7.85. The number of halogens is 1. The number of nitrogens with two attached hydrogens (primary N) is 1. The van der Waals surface area contributed by atoms with Crippen LogP contribution < -0.4 is 11.1 Å². The lowest BCUT2D eigenvalue weighted by Gasteiger charge is -2.58. The first-order chi connectivity index (χ1) is 11.0. The van der Waals surface area contributed by atoms with E-state index in [1.807, 2.05) is 0 Å². The summed E-state index contributed by atoms with van der Waals surface area (Å²) >= 11 is 5.86. The predicted molar refractivity (Wildman–Crippen MR) is 85.7 cm³/mol. The zero-order valence-corrected chi connectivity index (χ0v) is 13.6. The van der Waals surface area contributed by atoms with Gasteiger partial charge in [0.15, 0.2) is 0 Å². The van der Waals surface area contributed by atoms with Gasteiger partial charge in [0.2, 0.25) is 5.91 Å². The topological polar surface area (TPSA) is 85.1 Å². The maximum atomic E-state index is 12.5. The molecule has 5 rings (SSSR count). The zero-order valence-electron chi connectivity index (χ0n) is 12.8. The van der Waals surface area contributed by atoms with Crippen molar-refractivity contribution in [3.63, 3.8) is 0 Å². The minimum absolute atomic E-state index is 0.118. The van der Waals surface area contributed by atoms with Gasteiger partial charge < -0.3 is 11.1 Å². The Morgan fingerprint density at radius 1 is 1.22 bits per heavy atom. The highest BCUT2D eigenvalue weighted by Gasteiger charge is 2.58. The lowest BCUT2D eigenvalue weighted by Crippen LogP contribution is -2.62. The molecule has 1 aromatic rings. The van der Waals surface area contributed by atoms with Gasteiger partial charge in [-0.05, 0) is 62.0 Å². The molecule has 6 heteroatoms. The van der Waals surface area contributed by atoms with Crippen LogP contribution in [0.15, 0.2) is 18.2 Å². The Balaban J connectivity index is 1.53. The zero-order chi connectivity index (χ0) is 16.2. The van der Waals surface area contributed by atoms with Crippen molar-refractivity contribution in [1.82, 2.24) is 10.3 Å². The molecule has 3 N–H and O–H groups in total.